The van der Waals surface area contributed by atoms with Gasteiger partial charge >= 0.3 is 12.2 Å². The molecule has 8 nitrogen and oxygen atoms in total. The number of amides is 2. The number of alkyl carbamates (subject to hydrolysis) is 1. The lowest BCUT2D eigenvalue weighted by Crippen LogP contribution is -2.51. The number of likely N-dealkylation sites (tertiary alicyclic amines) is 1. The van der Waals surface area contributed by atoms with Gasteiger partial charge in [0.1, 0.15) is 11.7 Å². The lowest BCUT2D eigenvalue weighted by Gasteiger charge is -2.42. The van der Waals surface area contributed by atoms with Crippen molar-refractivity contribution in [3.63, 3.8) is 0 Å². The van der Waals surface area contributed by atoms with Gasteiger partial charge in [0.05, 0.1) is 19.8 Å². The van der Waals surface area contributed by atoms with E-state index in [1.807, 2.05) is 29.2 Å². The number of carbonyl (C=O) groups is 2. The van der Waals surface area contributed by atoms with Gasteiger partial charge in [-0.2, -0.15) is 0 Å². The van der Waals surface area contributed by atoms with Crippen LogP contribution in [0.2, 0.25) is 5.02 Å². The minimum Gasteiger partial charge on any atom is -0.453 e. The highest BCUT2D eigenvalue weighted by Gasteiger charge is 2.43. The summed E-state index contributed by atoms with van der Waals surface area (Å²) >= 11 is 6.33. The molecular weight excluding hydrogens is 494 g/mol. The predicted octanol–water partition coefficient (Wildman–Crippen LogP) is 5.45. The summed E-state index contributed by atoms with van der Waals surface area (Å²) in [6.07, 6.45) is 9.76. The first-order valence-electron chi connectivity index (χ1n) is 13.9. The van der Waals surface area contributed by atoms with Gasteiger partial charge in [0.2, 0.25) is 0 Å². The fraction of sp³-hybridized carbons (Fsp3) is 0.714. The first kappa shape index (κ1) is 28.0. The second kappa shape index (κ2) is 13.7. The van der Waals surface area contributed by atoms with Gasteiger partial charge < -0.3 is 29.7 Å². The quantitative estimate of drug-likeness (QED) is 0.409. The zero-order chi connectivity index (χ0) is 26.1. The molecule has 9 heteroatoms. The van der Waals surface area contributed by atoms with Crippen LogP contribution >= 0.6 is 11.6 Å². The zero-order valence-electron chi connectivity index (χ0n) is 22.0. The summed E-state index contributed by atoms with van der Waals surface area (Å²) in [5.41, 5.74) is 0.479. The van der Waals surface area contributed by atoms with Crippen LogP contribution in [0.4, 0.5) is 9.59 Å². The Kier molecular flexibility index (Phi) is 10.3. The molecule has 0 bridgehead atoms. The average Bonchev–Trinajstić information content (AvgIpc) is 3.36. The molecule has 2 amide bonds. The molecule has 2 aliphatic heterocycles. The molecule has 1 unspecified atom stereocenters. The lowest BCUT2D eigenvalue weighted by atomic mass is 9.80. The van der Waals surface area contributed by atoms with Gasteiger partial charge in [0.15, 0.2) is 0 Å². The summed E-state index contributed by atoms with van der Waals surface area (Å²) in [5, 5.41) is 6.72. The lowest BCUT2D eigenvalue weighted by molar-refractivity contribution is -0.0559. The van der Waals surface area contributed by atoms with Crippen molar-refractivity contribution in [3.05, 3.63) is 34.9 Å². The smallest absolute Gasteiger partial charge is 0.410 e. The van der Waals surface area contributed by atoms with Crippen molar-refractivity contribution in [1.29, 1.82) is 0 Å². The van der Waals surface area contributed by atoms with Crippen LogP contribution in [0.1, 0.15) is 75.9 Å². The van der Waals surface area contributed by atoms with E-state index >= 15 is 0 Å². The van der Waals surface area contributed by atoms with Crippen molar-refractivity contribution in [1.82, 2.24) is 15.5 Å². The molecule has 2 saturated heterocycles. The number of halogens is 1. The van der Waals surface area contributed by atoms with Crippen LogP contribution in [0, 0.1) is 5.92 Å². The third kappa shape index (κ3) is 7.74. The molecule has 4 rings (SSSR count). The Labute approximate surface area is 225 Å². The van der Waals surface area contributed by atoms with E-state index in [-0.39, 0.29) is 24.8 Å². The molecule has 206 valence electrons. The van der Waals surface area contributed by atoms with Crippen LogP contribution in [0.3, 0.4) is 0 Å². The monoisotopic (exact) mass is 535 g/mol. The number of ether oxygens (including phenoxy) is 3. The van der Waals surface area contributed by atoms with Gasteiger partial charge in [0.25, 0.3) is 0 Å². The van der Waals surface area contributed by atoms with E-state index in [9.17, 15) is 9.59 Å². The topological polar surface area (TPSA) is 89.1 Å². The van der Waals surface area contributed by atoms with Crippen LogP contribution in [0.25, 0.3) is 0 Å². The van der Waals surface area contributed by atoms with Gasteiger partial charge in [-0.3, -0.25) is 0 Å². The van der Waals surface area contributed by atoms with Crippen molar-refractivity contribution in [2.24, 2.45) is 5.92 Å². The van der Waals surface area contributed by atoms with Gasteiger partial charge in [-0.25, -0.2) is 9.59 Å². The molecule has 0 aromatic heterocycles. The highest BCUT2D eigenvalue weighted by molar-refractivity contribution is 6.30. The number of carbonyl (C=O) groups excluding carboxylic acids is 2. The molecule has 1 aromatic carbocycles. The van der Waals surface area contributed by atoms with E-state index in [0.717, 1.165) is 50.8 Å². The van der Waals surface area contributed by atoms with Crippen molar-refractivity contribution in [2.75, 3.05) is 39.9 Å². The molecule has 2 N–H and O–H groups in total. The van der Waals surface area contributed by atoms with E-state index < -0.39 is 11.7 Å². The minimum atomic E-state index is -0.501. The van der Waals surface area contributed by atoms with Gasteiger partial charge in [0, 0.05) is 31.1 Å². The standard InChI is InChI=1S/C28H42ClN3O5/c1-35-26(33)31-15-17-36-25(22-10-7-11-23(29)18-22)24-12-5-6-16-32(24)27(34)37-28(13-14-30-20-28)19-21-8-3-2-4-9-21/h7,10-11,18,21,24-25,30H,2-6,8-9,12-17,19-20H2,1H3,(H,31,33)/t24?,25-,28+/m1/s1. The van der Waals surface area contributed by atoms with E-state index in [2.05, 4.69) is 15.4 Å². The number of methoxy groups -OCH3 is 1. The molecule has 1 aliphatic carbocycles. The van der Waals surface area contributed by atoms with Gasteiger partial charge in [-0.1, -0.05) is 55.8 Å². The Morgan fingerprint density at radius 3 is 2.73 bits per heavy atom. The molecule has 0 spiro atoms. The third-order valence-electron chi connectivity index (χ3n) is 8.06. The summed E-state index contributed by atoms with van der Waals surface area (Å²) in [4.78, 5) is 27.1. The van der Waals surface area contributed by atoms with Crippen LogP contribution in [0.15, 0.2) is 24.3 Å². The van der Waals surface area contributed by atoms with Crippen molar-refractivity contribution < 1.29 is 23.8 Å². The Bertz CT molecular complexity index is 888. The highest BCUT2D eigenvalue weighted by atomic mass is 35.5. The zero-order valence-corrected chi connectivity index (χ0v) is 22.8. The summed E-state index contributed by atoms with van der Waals surface area (Å²) in [7, 11) is 1.33. The Morgan fingerprint density at radius 1 is 1.19 bits per heavy atom. The molecule has 2 heterocycles. The Morgan fingerprint density at radius 2 is 2.00 bits per heavy atom. The number of nitrogens with zero attached hydrogens (tertiary/aromatic N) is 1. The second-order valence-corrected chi connectivity index (χ2v) is 11.1. The predicted molar refractivity (Wildman–Crippen MR) is 143 cm³/mol. The third-order valence-corrected chi connectivity index (χ3v) is 8.29. The Balaban J connectivity index is 1.49. The van der Waals surface area contributed by atoms with Crippen LogP contribution in [-0.4, -0.2) is 68.6 Å². The summed E-state index contributed by atoms with van der Waals surface area (Å²) < 4.78 is 17.4. The summed E-state index contributed by atoms with van der Waals surface area (Å²) in [5.74, 6) is 0.628. The number of rotatable bonds is 9. The summed E-state index contributed by atoms with van der Waals surface area (Å²) in [6.45, 7) is 2.82. The first-order chi connectivity index (χ1) is 18.0. The summed E-state index contributed by atoms with van der Waals surface area (Å²) in [6, 6.07) is 7.42. The maximum atomic E-state index is 13.8. The minimum absolute atomic E-state index is 0.182. The molecule has 3 fully saturated rings. The SMILES string of the molecule is COC(=O)NCCO[C@H](c1cccc(Cl)c1)C1CCCCN1C(=O)O[C@]1(CC2CCCCC2)CCNC1. The number of piperidine rings is 1. The van der Waals surface area contributed by atoms with E-state index in [1.54, 1.807) is 0 Å². The number of benzene rings is 1. The Hall–Kier alpha value is -2.03. The molecule has 1 saturated carbocycles. The maximum absolute atomic E-state index is 13.8. The fourth-order valence-electron chi connectivity index (χ4n) is 6.21. The van der Waals surface area contributed by atoms with Crippen LogP contribution in [-0.2, 0) is 14.2 Å². The highest BCUT2D eigenvalue weighted by Crippen LogP contribution is 2.38. The van der Waals surface area contributed by atoms with Crippen molar-refractivity contribution in [3.8, 4) is 0 Å². The van der Waals surface area contributed by atoms with Crippen molar-refractivity contribution >= 4 is 23.8 Å². The van der Waals surface area contributed by atoms with Crippen LogP contribution < -0.4 is 10.6 Å². The van der Waals surface area contributed by atoms with E-state index in [1.165, 1.54) is 39.2 Å². The fourth-order valence-corrected chi connectivity index (χ4v) is 6.41. The van der Waals surface area contributed by atoms with Gasteiger partial charge in [-0.15, -0.1) is 0 Å². The number of hydrogen-bond acceptors (Lipinski definition) is 6. The van der Waals surface area contributed by atoms with Crippen molar-refractivity contribution in [2.45, 2.75) is 82.0 Å². The number of hydrogen-bond donors (Lipinski definition) is 2. The largest absolute Gasteiger partial charge is 0.453 e. The van der Waals surface area contributed by atoms with E-state index in [0.29, 0.717) is 24.0 Å². The van der Waals surface area contributed by atoms with Gasteiger partial charge in [-0.05, 0) is 55.8 Å². The normalized spacial score (nSPS) is 25.5. The first-order valence-corrected chi connectivity index (χ1v) is 14.3. The van der Waals surface area contributed by atoms with Crippen LogP contribution in [0.5, 0.6) is 0 Å². The molecule has 3 atom stereocenters. The van der Waals surface area contributed by atoms with E-state index in [4.69, 9.17) is 21.1 Å². The number of nitrogens with one attached hydrogen (secondary N) is 2. The molecule has 1 aromatic rings. The molecule has 0 radical (unpaired) electrons. The second-order valence-electron chi connectivity index (χ2n) is 10.7. The molecule has 3 aliphatic rings. The maximum Gasteiger partial charge on any atom is 0.410 e. The molecular formula is C28H42ClN3O5. The molecule has 37 heavy (non-hydrogen) atoms. The average molecular weight is 536 g/mol.